The summed E-state index contributed by atoms with van der Waals surface area (Å²) in [5, 5.41) is 0. The molecule has 0 N–H and O–H groups in total. The van der Waals surface area contributed by atoms with Crippen molar-refractivity contribution in [3.8, 4) is 0 Å². The first kappa shape index (κ1) is 7.54. The second kappa shape index (κ2) is 2.58. The fraction of sp³-hybridized carbons (Fsp3) is 0.143. The molecule has 0 radical (unpaired) electrons. The molecule has 0 aliphatic rings. The molecule has 0 atom stereocenters. The average Bonchev–Trinajstić information content (AvgIpc) is 1.82. The van der Waals surface area contributed by atoms with Crippen molar-refractivity contribution in [2.45, 2.75) is 11.8 Å². The van der Waals surface area contributed by atoms with E-state index < -0.39 is 11.6 Å². The topological polar surface area (TPSA) is 0 Å². The average molecular weight is 160 g/mol. The number of hydrogen-bond acceptors (Lipinski definition) is 1. The minimum Gasteiger partial charge on any atom is -0.204 e. The maximum Gasteiger partial charge on any atom is 0.161 e. The Balaban J connectivity index is 3.31. The van der Waals surface area contributed by atoms with Gasteiger partial charge in [-0.2, -0.15) is 0 Å². The fourth-order valence-electron chi connectivity index (χ4n) is 0.708. The van der Waals surface area contributed by atoms with E-state index in [1.807, 2.05) is 0 Å². The van der Waals surface area contributed by atoms with Crippen LogP contribution in [0.1, 0.15) is 5.56 Å². The van der Waals surface area contributed by atoms with Crippen LogP contribution in [-0.2, 0) is 0 Å². The third-order valence-corrected chi connectivity index (χ3v) is 1.45. The third kappa shape index (κ3) is 1.29. The molecular formula is C7H6F2S. The van der Waals surface area contributed by atoms with Crippen molar-refractivity contribution >= 4 is 12.6 Å². The van der Waals surface area contributed by atoms with Gasteiger partial charge in [0.05, 0.1) is 0 Å². The molecule has 0 spiro atoms. The maximum atomic E-state index is 12.5. The smallest absolute Gasteiger partial charge is 0.161 e. The van der Waals surface area contributed by atoms with Gasteiger partial charge < -0.3 is 0 Å². The molecule has 0 nitrogen and oxygen atoms in total. The van der Waals surface area contributed by atoms with Gasteiger partial charge in [0.1, 0.15) is 0 Å². The summed E-state index contributed by atoms with van der Waals surface area (Å²) in [5.74, 6) is -1.64. The fourth-order valence-corrected chi connectivity index (χ4v) is 1.02. The predicted molar refractivity (Wildman–Crippen MR) is 38.3 cm³/mol. The zero-order chi connectivity index (χ0) is 7.72. The van der Waals surface area contributed by atoms with E-state index >= 15 is 0 Å². The predicted octanol–water partition coefficient (Wildman–Crippen LogP) is 2.56. The lowest BCUT2D eigenvalue weighted by molar-refractivity contribution is 0.500. The summed E-state index contributed by atoms with van der Waals surface area (Å²) in [7, 11) is 0. The van der Waals surface area contributed by atoms with Crippen LogP contribution in [-0.4, -0.2) is 0 Å². The molecule has 0 aliphatic carbocycles. The van der Waals surface area contributed by atoms with Crippen LogP contribution in [0, 0.1) is 18.6 Å². The highest BCUT2D eigenvalue weighted by Crippen LogP contribution is 2.15. The van der Waals surface area contributed by atoms with Gasteiger partial charge >= 0.3 is 0 Å². The molecule has 3 heteroatoms. The van der Waals surface area contributed by atoms with E-state index in [0.717, 1.165) is 6.07 Å². The van der Waals surface area contributed by atoms with E-state index in [9.17, 15) is 8.78 Å². The number of hydrogen-bond donors (Lipinski definition) is 1. The maximum absolute atomic E-state index is 12.5. The standard InChI is InChI=1S/C7H6F2S/c1-4-2-5(10)3-6(8)7(4)9/h2-3,10H,1H3. The third-order valence-electron chi connectivity index (χ3n) is 1.19. The Bertz CT molecular complexity index is 235. The summed E-state index contributed by atoms with van der Waals surface area (Å²) in [6.45, 7) is 1.50. The number of halogens is 2. The second-order valence-electron chi connectivity index (χ2n) is 2.06. The lowest BCUT2D eigenvalue weighted by atomic mass is 10.2. The van der Waals surface area contributed by atoms with Crippen LogP contribution < -0.4 is 0 Å². The van der Waals surface area contributed by atoms with E-state index in [2.05, 4.69) is 12.6 Å². The Morgan fingerprint density at radius 2 is 1.90 bits per heavy atom. The summed E-state index contributed by atoms with van der Waals surface area (Å²) >= 11 is 3.86. The highest BCUT2D eigenvalue weighted by Gasteiger charge is 2.04. The first-order valence-corrected chi connectivity index (χ1v) is 3.20. The van der Waals surface area contributed by atoms with Gasteiger partial charge in [-0.25, -0.2) is 8.78 Å². The normalized spacial score (nSPS) is 10.0. The van der Waals surface area contributed by atoms with Crippen molar-refractivity contribution in [1.29, 1.82) is 0 Å². The van der Waals surface area contributed by atoms with Gasteiger partial charge in [0, 0.05) is 4.90 Å². The summed E-state index contributed by atoms with van der Waals surface area (Å²) < 4.78 is 24.9. The zero-order valence-electron chi connectivity index (χ0n) is 5.36. The van der Waals surface area contributed by atoms with Gasteiger partial charge in [0.25, 0.3) is 0 Å². The van der Waals surface area contributed by atoms with Crippen molar-refractivity contribution in [2.24, 2.45) is 0 Å². The van der Waals surface area contributed by atoms with E-state index in [1.165, 1.54) is 13.0 Å². The SMILES string of the molecule is Cc1cc(S)cc(F)c1F. The highest BCUT2D eigenvalue weighted by molar-refractivity contribution is 7.80. The molecule has 0 saturated carbocycles. The summed E-state index contributed by atoms with van der Waals surface area (Å²) in [6, 6.07) is 2.52. The molecule has 0 aromatic heterocycles. The van der Waals surface area contributed by atoms with E-state index in [0.29, 0.717) is 4.90 Å². The van der Waals surface area contributed by atoms with Crippen LogP contribution in [0.15, 0.2) is 17.0 Å². The van der Waals surface area contributed by atoms with Gasteiger partial charge in [0.2, 0.25) is 0 Å². The van der Waals surface area contributed by atoms with Crippen molar-refractivity contribution in [3.05, 3.63) is 29.3 Å². The Hall–Kier alpha value is -0.570. The van der Waals surface area contributed by atoms with Gasteiger partial charge in [-0.05, 0) is 24.6 Å². The van der Waals surface area contributed by atoms with Crippen molar-refractivity contribution in [1.82, 2.24) is 0 Å². The first-order chi connectivity index (χ1) is 4.61. The monoisotopic (exact) mass is 160 g/mol. The van der Waals surface area contributed by atoms with Crippen molar-refractivity contribution < 1.29 is 8.78 Å². The molecule has 1 aromatic carbocycles. The molecule has 0 saturated heterocycles. The number of benzene rings is 1. The van der Waals surface area contributed by atoms with Crippen LogP contribution >= 0.6 is 12.6 Å². The molecule has 0 aliphatic heterocycles. The molecule has 1 aromatic rings. The molecule has 1 rings (SSSR count). The number of thiol groups is 1. The quantitative estimate of drug-likeness (QED) is 0.554. The van der Waals surface area contributed by atoms with Gasteiger partial charge in [-0.15, -0.1) is 12.6 Å². The van der Waals surface area contributed by atoms with Crippen LogP contribution in [0.3, 0.4) is 0 Å². The summed E-state index contributed by atoms with van der Waals surface area (Å²) in [4.78, 5) is 0.441. The molecule has 0 amide bonds. The Morgan fingerprint density at radius 1 is 1.30 bits per heavy atom. The largest absolute Gasteiger partial charge is 0.204 e. The zero-order valence-corrected chi connectivity index (χ0v) is 6.25. The summed E-state index contributed by atoms with van der Waals surface area (Å²) in [5.41, 5.74) is 0.282. The Kier molecular flexibility index (Phi) is 1.94. The van der Waals surface area contributed by atoms with E-state index in [4.69, 9.17) is 0 Å². The molecule has 0 unspecified atom stereocenters. The molecule has 0 fully saturated rings. The molecule has 10 heavy (non-hydrogen) atoms. The van der Waals surface area contributed by atoms with E-state index in [1.54, 1.807) is 0 Å². The highest BCUT2D eigenvalue weighted by atomic mass is 32.1. The lowest BCUT2D eigenvalue weighted by Gasteiger charge is -1.97. The second-order valence-corrected chi connectivity index (χ2v) is 2.57. The van der Waals surface area contributed by atoms with E-state index in [-0.39, 0.29) is 5.56 Å². The minimum absolute atomic E-state index is 0.282. The minimum atomic E-state index is -0.843. The number of rotatable bonds is 0. The molecule has 54 valence electrons. The van der Waals surface area contributed by atoms with Gasteiger partial charge in [0.15, 0.2) is 11.6 Å². The summed E-state index contributed by atoms with van der Waals surface area (Å²) in [6.07, 6.45) is 0. The lowest BCUT2D eigenvalue weighted by Crippen LogP contribution is -1.87. The van der Waals surface area contributed by atoms with Crippen LogP contribution in [0.25, 0.3) is 0 Å². The molecule has 0 bridgehead atoms. The van der Waals surface area contributed by atoms with Gasteiger partial charge in [-0.3, -0.25) is 0 Å². The van der Waals surface area contributed by atoms with Crippen LogP contribution in [0.2, 0.25) is 0 Å². The van der Waals surface area contributed by atoms with Crippen molar-refractivity contribution in [2.75, 3.05) is 0 Å². The van der Waals surface area contributed by atoms with Crippen LogP contribution in [0.5, 0.6) is 0 Å². The Labute approximate surface area is 63.3 Å². The first-order valence-electron chi connectivity index (χ1n) is 2.76. The van der Waals surface area contributed by atoms with Gasteiger partial charge in [-0.1, -0.05) is 0 Å². The Morgan fingerprint density at radius 3 is 2.40 bits per heavy atom. The van der Waals surface area contributed by atoms with Crippen LogP contribution in [0.4, 0.5) is 8.78 Å². The molecular weight excluding hydrogens is 154 g/mol. The molecule has 0 heterocycles. The van der Waals surface area contributed by atoms with Crippen molar-refractivity contribution in [3.63, 3.8) is 0 Å². The number of aryl methyl sites for hydroxylation is 1.